The second kappa shape index (κ2) is 5.98. The van der Waals surface area contributed by atoms with Gasteiger partial charge in [-0.2, -0.15) is 0 Å². The molecule has 1 fully saturated rings. The molecule has 0 spiro atoms. The van der Waals surface area contributed by atoms with E-state index in [-0.39, 0.29) is 5.84 Å². The summed E-state index contributed by atoms with van der Waals surface area (Å²) in [4.78, 5) is 2.45. The van der Waals surface area contributed by atoms with Crippen LogP contribution >= 0.6 is 0 Å². The van der Waals surface area contributed by atoms with Crippen LogP contribution in [0, 0.1) is 11.3 Å². The lowest BCUT2D eigenvalue weighted by Gasteiger charge is -2.16. The highest BCUT2D eigenvalue weighted by Gasteiger charge is 2.21. The Hall–Kier alpha value is -1.39. The summed E-state index contributed by atoms with van der Waals surface area (Å²) in [5.41, 5.74) is 7.50. The van der Waals surface area contributed by atoms with Crippen molar-refractivity contribution in [1.29, 1.82) is 5.41 Å². The number of benzene rings is 1. The number of nitrogens with zero attached hydrogens (tertiary/aromatic N) is 1. The number of nitrogens with two attached hydrogens (primary N) is 1. The van der Waals surface area contributed by atoms with Crippen LogP contribution in [0.4, 0.5) is 0 Å². The topological polar surface area (TPSA) is 62.3 Å². The van der Waals surface area contributed by atoms with E-state index < -0.39 is 0 Å². The van der Waals surface area contributed by atoms with Crippen molar-refractivity contribution < 1.29 is 4.74 Å². The van der Waals surface area contributed by atoms with Crippen molar-refractivity contribution in [2.45, 2.75) is 13.0 Å². The van der Waals surface area contributed by atoms with Gasteiger partial charge in [-0.15, -0.1) is 0 Å². The third-order valence-corrected chi connectivity index (χ3v) is 3.44. The lowest BCUT2D eigenvalue weighted by Crippen LogP contribution is -2.21. The van der Waals surface area contributed by atoms with Crippen LogP contribution in [0.1, 0.15) is 17.5 Å². The largest absolute Gasteiger partial charge is 0.384 e. The van der Waals surface area contributed by atoms with E-state index in [1.54, 1.807) is 7.11 Å². The Bertz CT molecular complexity index is 402. The summed E-state index contributed by atoms with van der Waals surface area (Å²) in [6.45, 7) is 4.09. The Morgan fingerprint density at radius 1 is 1.44 bits per heavy atom. The molecule has 4 nitrogen and oxygen atoms in total. The van der Waals surface area contributed by atoms with E-state index in [4.69, 9.17) is 15.9 Å². The van der Waals surface area contributed by atoms with Crippen molar-refractivity contribution in [1.82, 2.24) is 4.90 Å². The minimum atomic E-state index is 0.128. The predicted octanol–water partition coefficient (Wildman–Crippen LogP) is 1.44. The zero-order chi connectivity index (χ0) is 13.0. The number of rotatable bonds is 5. The zero-order valence-electron chi connectivity index (χ0n) is 10.9. The molecule has 1 saturated heterocycles. The fourth-order valence-corrected chi connectivity index (χ4v) is 2.48. The standard InChI is InChI=1S/C14H21N3O/c1-18-10-12-6-7-17(9-12)8-11-2-4-13(5-3-11)14(15)16/h2-5,12H,6-10H2,1H3,(H3,15,16). The molecule has 2 rings (SSSR count). The third kappa shape index (κ3) is 3.31. The van der Waals surface area contributed by atoms with Crippen LogP contribution in [-0.2, 0) is 11.3 Å². The fraction of sp³-hybridized carbons (Fsp3) is 0.500. The number of ether oxygens (including phenoxy) is 1. The van der Waals surface area contributed by atoms with E-state index in [9.17, 15) is 0 Å². The molecule has 0 aromatic heterocycles. The Labute approximate surface area is 108 Å². The Morgan fingerprint density at radius 3 is 2.78 bits per heavy atom. The van der Waals surface area contributed by atoms with Gasteiger partial charge in [0.1, 0.15) is 5.84 Å². The van der Waals surface area contributed by atoms with E-state index >= 15 is 0 Å². The van der Waals surface area contributed by atoms with Gasteiger partial charge in [-0.1, -0.05) is 24.3 Å². The molecule has 0 saturated carbocycles. The number of hydrogen-bond acceptors (Lipinski definition) is 3. The molecule has 0 aliphatic carbocycles. The number of nitrogens with one attached hydrogen (secondary N) is 1. The van der Waals surface area contributed by atoms with Crippen molar-refractivity contribution in [3.63, 3.8) is 0 Å². The van der Waals surface area contributed by atoms with Crippen LogP contribution in [0.3, 0.4) is 0 Å². The number of likely N-dealkylation sites (tertiary alicyclic amines) is 1. The van der Waals surface area contributed by atoms with Gasteiger partial charge in [0.05, 0.1) is 6.61 Å². The average molecular weight is 247 g/mol. The molecular formula is C14H21N3O. The monoisotopic (exact) mass is 247 g/mol. The van der Waals surface area contributed by atoms with E-state index in [0.29, 0.717) is 5.92 Å². The summed E-state index contributed by atoms with van der Waals surface area (Å²) < 4.78 is 5.20. The number of methoxy groups -OCH3 is 1. The molecule has 0 amide bonds. The van der Waals surface area contributed by atoms with Gasteiger partial charge in [-0.05, 0) is 24.4 Å². The van der Waals surface area contributed by atoms with Crippen LogP contribution in [-0.4, -0.2) is 37.5 Å². The second-order valence-electron chi connectivity index (χ2n) is 4.96. The molecule has 1 aliphatic rings. The maximum atomic E-state index is 7.36. The van der Waals surface area contributed by atoms with Gasteiger partial charge < -0.3 is 10.5 Å². The lowest BCUT2D eigenvalue weighted by atomic mass is 10.1. The molecule has 1 aromatic carbocycles. The quantitative estimate of drug-likeness (QED) is 0.611. The van der Waals surface area contributed by atoms with E-state index in [1.807, 2.05) is 12.1 Å². The highest BCUT2D eigenvalue weighted by molar-refractivity contribution is 5.94. The van der Waals surface area contributed by atoms with Gasteiger partial charge in [-0.3, -0.25) is 10.3 Å². The van der Waals surface area contributed by atoms with E-state index in [1.165, 1.54) is 12.0 Å². The summed E-state index contributed by atoms with van der Waals surface area (Å²) in [5.74, 6) is 0.800. The minimum Gasteiger partial charge on any atom is -0.384 e. The summed E-state index contributed by atoms with van der Waals surface area (Å²) in [5, 5.41) is 7.36. The lowest BCUT2D eigenvalue weighted by molar-refractivity contribution is 0.152. The van der Waals surface area contributed by atoms with Crippen molar-refractivity contribution in [3.05, 3.63) is 35.4 Å². The van der Waals surface area contributed by atoms with Crippen LogP contribution in [0.25, 0.3) is 0 Å². The Kier molecular flexibility index (Phi) is 4.33. The smallest absolute Gasteiger partial charge is 0.122 e. The molecule has 0 bridgehead atoms. The number of hydrogen-bond donors (Lipinski definition) is 2. The second-order valence-corrected chi connectivity index (χ2v) is 4.96. The molecule has 0 radical (unpaired) electrons. The van der Waals surface area contributed by atoms with Gasteiger partial charge in [0.2, 0.25) is 0 Å². The van der Waals surface area contributed by atoms with E-state index in [2.05, 4.69) is 17.0 Å². The maximum Gasteiger partial charge on any atom is 0.122 e. The molecule has 98 valence electrons. The molecule has 1 aromatic rings. The average Bonchev–Trinajstić information content (AvgIpc) is 2.78. The van der Waals surface area contributed by atoms with E-state index in [0.717, 1.165) is 31.8 Å². The highest BCUT2D eigenvalue weighted by Crippen LogP contribution is 2.18. The first-order valence-electron chi connectivity index (χ1n) is 6.33. The molecule has 4 heteroatoms. The minimum absolute atomic E-state index is 0.128. The first-order chi connectivity index (χ1) is 8.69. The van der Waals surface area contributed by atoms with Gasteiger partial charge >= 0.3 is 0 Å². The Balaban J connectivity index is 1.88. The summed E-state index contributed by atoms with van der Waals surface area (Å²) in [7, 11) is 1.77. The SMILES string of the molecule is COCC1CCN(Cc2ccc(C(=N)N)cc2)C1. The van der Waals surface area contributed by atoms with Gasteiger partial charge in [0, 0.05) is 25.8 Å². The first-order valence-corrected chi connectivity index (χ1v) is 6.33. The normalized spacial score (nSPS) is 20.2. The number of amidine groups is 1. The van der Waals surface area contributed by atoms with Gasteiger partial charge in [0.15, 0.2) is 0 Å². The summed E-state index contributed by atoms with van der Waals surface area (Å²) in [6, 6.07) is 7.95. The fourth-order valence-electron chi connectivity index (χ4n) is 2.48. The van der Waals surface area contributed by atoms with Crippen molar-refractivity contribution in [2.75, 3.05) is 26.8 Å². The predicted molar refractivity (Wildman–Crippen MR) is 72.7 cm³/mol. The first kappa shape index (κ1) is 13.1. The molecule has 1 atom stereocenters. The highest BCUT2D eigenvalue weighted by atomic mass is 16.5. The molecule has 18 heavy (non-hydrogen) atoms. The summed E-state index contributed by atoms with van der Waals surface area (Å²) in [6.07, 6.45) is 1.22. The third-order valence-electron chi connectivity index (χ3n) is 3.44. The van der Waals surface area contributed by atoms with Gasteiger partial charge in [-0.25, -0.2) is 0 Å². The molecule has 1 aliphatic heterocycles. The molecular weight excluding hydrogens is 226 g/mol. The van der Waals surface area contributed by atoms with Crippen LogP contribution in [0.5, 0.6) is 0 Å². The number of nitrogen functional groups attached to an aromatic ring is 1. The van der Waals surface area contributed by atoms with Crippen molar-refractivity contribution in [2.24, 2.45) is 11.7 Å². The molecule has 3 N–H and O–H groups in total. The van der Waals surface area contributed by atoms with Crippen LogP contribution in [0.15, 0.2) is 24.3 Å². The Morgan fingerprint density at radius 2 is 2.17 bits per heavy atom. The molecule has 1 heterocycles. The van der Waals surface area contributed by atoms with Gasteiger partial charge in [0.25, 0.3) is 0 Å². The summed E-state index contributed by atoms with van der Waals surface area (Å²) >= 11 is 0. The van der Waals surface area contributed by atoms with Crippen molar-refractivity contribution >= 4 is 5.84 Å². The maximum absolute atomic E-state index is 7.36. The van der Waals surface area contributed by atoms with Crippen LogP contribution < -0.4 is 5.73 Å². The van der Waals surface area contributed by atoms with Crippen LogP contribution in [0.2, 0.25) is 0 Å². The zero-order valence-corrected chi connectivity index (χ0v) is 10.9. The van der Waals surface area contributed by atoms with Crippen molar-refractivity contribution in [3.8, 4) is 0 Å². The molecule has 1 unspecified atom stereocenters.